The summed E-state index contributed by atoms with van der Waals surface area (Å²) in [5, 5.41) is 9.63. The first kappa shape index (κ1) is 18.8. The molecule has 0 bridgehead atoms. The van der Waals surface area contributed by atoms with Gasteiger partial charge in [-0.3, -0.25) is 4.79 Å². The number of hydrogen-bond donors (Lipinski definition) is 0. The number of nitrogens with zero attached hydrogens (tertiary/aromatic N) is 6. The molecule has 2 aromatic rings. The Labute approximate surface area is 158 Å². The van der Waals surface area contributed by atoms with Crippen molar-refractivity contribution in [2.24, 2.45) is 7.05 Å². The van der Waals surface area contributed by atoms with Gasteiger partial charge < -0.3 is 14.4 Å². The standard InChI is InChI=1S/C18H26N6OS/c1-22(2)12-15-20-21-18(23(15)3)14-7-6-10-24(11-14)17(25)13-26-16-8-4-5-9-19-16/h4-5,8-9,14H,6-7,10-13H2,1-3H3/t14-/m0/s1. The van der Waals surface area contributed by atoms with Gasteiger partial charge in [-0.05, 0) is 39.1 Å². The zero-order valence-corrected chi connectivity index (χ0v) is 16.4. The fraction of sp³-hybridized carbons (Fsp3) is 0.556. The molecule has 0 unspecified atom stereocenters. The first-order valence-electron chi connectivity index (χ1n) is 8.89. The normalized spacial score (nSPS) is 17.7. The summed E-state index contributed by atoms with van der Waals surface area (Å²) in [6, 6.07) is 5.76. The highest BCUT2D eigenvalue weighted by molar-refractivity contribution is 7.99. The maximum atomic E-state index is 12.6. The largest absolute Gasteiger partial charge is 0.341 e. The van der Waals surface area contributed by atoms with Gasteiger partial charge in [-0.1, -0.05) is 17.8 Å². The number of piperidine rings is 1. The molecule has 0 radical (unpaired) electrons. The van der Waals surface area contributed by atoms with E-state index < -0.39 is 0 Å². The van der Waals surface area contributed by atoms with Crippen molar-refractivity contribution in [2.75, 3.05) is 32.9 Å². The van der Waals surface area contributed by atoms with E-state index in [0.717, 1.165) is 49.2 Å². The summed E-state index contributed by atoms with van der Waals surface area (Å²) in [7, 11) is 6.06. The molecule has 1 saturated heterocycles. The summed E-state index contributed by atoms with van der Waals surface area (Å²) < 4.78 is 2.08. The topological polar surface area (TPSA) is 67.2 Å². The van der Waals surface area contributed by atoms with Crippen molar-refractivity contribution in [3.05, 3.63) is 36.0 Å². The molecule has 1 fully saturated rings. The molecule has 3 heterocycles. The Morgan fingerprint density at radius 2 is 2.19 bits per heavy atom. The molecule has 1 aliphatic heterocycles. The van der Waals surface area contributed by atoms with Crippen LogP contribution in [0.25, 0.3) is 0 Å². The monoisotopic (exact) mass is 374 g/mol. The van der Waals surface area contributed by atoms with Gasteiger partial charge in [0.1, 0.15) is 11.6 Å². The van der Waals surface area contributed by atoms with Gasteiger partial charge in [0.2, 0.25) is 5.91 Å². The lowest BCUT2D eigenvalue weighted by Crippen LogP contribution is -2.40. The van der Waals surface area contributed by atoms with Crippen molar-refractivity contribution >= 4 is 17.7 Å². The van der Waals surface area contributed by atoms with E-state index in [9.17, 15) is 4.79 Å². The van der Waals surface area contributed by atoms with E-state index in [1.54, 1.807) is 6.20 Å². The second kappa shape index (κ2) is 8.64. The number of amides is 1. The number of hydrogen-bond acceptors (Lipinski definition) is 6. The van der Waals surface area contributed by atoms with Crippen LogP contribution >= 0.6 is 11.8 Å². The van der Waals surface area contributed by atoms with Crippen LogP contribution in [0.5, 0.6) is 0 Å². The number of thioether (sulfide) groups is 1. The highest BCUT2D eigenvalue weighted by Gasteiger charge is 2.28. The molecule has 8 heteroatoms. The van der Waals surface area contributed by atoms with Gasteiger partial charge in [-0.15, -0.1) is 10.2 Å². The Bertz CT molecular complexity index is 733. The van der Waals surface area contributed by atoms with Crippen LogP contribution in [-0.4, -0.2) is 68.4 Å². The third-order valence-corrected chi connectivity index (χ3v) is 5.51. The number of pyridine rings is 1. The SMILES string of the molecule is CN(C)Cc1nnc([C@H]2CCCN(C(=O)CSc3ccccn3)C2)n1C. The van der Waals surface area contributed by atoms with Crippen LogP contribution in [0.1, 0.15) is 30.4 Å². The number of likely N-dealkylation sites (tertiary alicyclic amines) is 1. The fourth-order valence-corrected chi connectivity index (χ4v) is 3.99. The van der Waals surface area contributed by atoms with Crippen molar-refractivity contribution in [3.63, 3.8) is 0 Å². The van der Waals surface area contributed by atoms with E-state index in [-0.39, 0.29) is 11.8 Å². The van der Waals surface area contributed by atoms with E-state index in [1.165, 1.54) is 11.8 Å². The minimum Gasteiger partial charge on any atom is -0.341 e. The minimum atomic E-state index is 0.168. The van der Waals surface area contributed by atoms with Crippen molar-refractivity contribution < 1.29 is 4.79 Å². The van der Waals surface area contributed by atoms with Gasteiger partial charge in [0, 0.05) is 32.3 Å². The molecule has 3 rings (SSSR count). The highest BCUT2D eigenvalue weighted by Crippen LogP contribution is 2.27. The van der Waals surface area contributed by atoms with E-state index in [0.29, 0.717) is 5.75 Å². The molecule has 0 aliphatic carbocycles. The summed E-state index contributed by atoms with van der Waals surface area (Å²) in [4.78, 5) is 20.9. The Morgan fingerprint density at radius 3 is 2.92 bits per heavy atom. The van der Waals surface area contributed by atoms with E-state index >= 15 is 0 Å². The summed E-state index contributed by atoms with van der Waals surface area (Å²) in [5.74, 6) is 2.78. The second-order valence-electron chi connectivity index (χ2n) is 6.91. The fourth-order valence-electron chi connectivity index (χ4n) is 3.23. The van der Waals surface area contributed by atoms with E-state index in [1.807, 2.05) is 44.2 Å². The third-order valence-electron chi connectivity index (χ3n) is 4.58. The lowest BCUT2D eigenvalue weighted by molar-refractivity contribution is -0.129. The van der Waals surface area contributed by atoms with Gasteiger partial charge in [0.15, 0.2) is 0 Å². The number of carbonyl (C=O) groups excluding carboxylic acids is 1. The van der Waals surface area contributed by atoms with Gasteiger partial charge in [-0.25, -0.2) is 4.98 Å². The molecule has 1 atom stereocenters. The molecule has 1 amide bonds. The van der Waals surface area contributed by atoms with Crippen molar-refractivity contribution in [1.29, 1.82) is 0 Å². The van der Waals surface area contributed by atoms with Crippen LogP contribution in [0, 0.1) is 0 Å². The smallest absolute Gasteiger partial charge is 0.233 e. The number of rotatable bonds is 6. The predicted octanol–water partition coefficient (Wildman–Crippen LogP) is 1.77. The van der Waals surface area contributed by atoms with Crippen molar-refractivity contribution in [1.82, 2.24) is 29.5 Å². The zero-order valence-electron chi connectivity index (χ0n) is 15.6. The molecule has 140 valence electrons. The molecule has 0 aromatic carbocycles. The van der Waals surface area contributed by atoms with E-state index in [2.05, 4.69) is 24.6 Å². The van der Waals surface area contributed by atoms with Gasteiger partial charge in [-0.2, -0.15) is 0 Å². The van der Waals surface area contributed by atoms with Crippen LogP contribution in [-0.2, 0) is 18.4 Å². The summed E-state index contributed by atoms with van der Waals surface area (Å²) in [5.41, 5.74) is 0. The van der Waals surface area contributed by atoms with Crippen LogP contribution in [0.15, 0.2) is 29.4 Å². The average molecular weight is 375 g/mol. The molecular weight excluding hydrogens is 348 g/mol. The van der Waals surface area contributed by atoms with Crippen LogP contribution in [0.2, 0.25) is 0 Å². The highest BCUT2D eigenvalue weighted by atomic mass is 32.2. The summed E-state index contributed by atoms with van der Waals surface area (Å²) in [6.45, 7) is 2.30. The number of aromatic nitrogens is 4. The quantitative estimate of drug-likeness (QED) is 0.718. The maximum Gasteiger partial charge on any atom is 0.233 e. The maximum absolute atomic E-state index is 12.6. The van der Waals surface area contributed by atoms with Gasteiger partial charge in [0.05, 0.1) is 17.3 Å². The first-order chi connectivity index (χ1) is 12.5. The Morgan fingerprint density at radius 1 is 1.35 bits per heavy atom. The van der Waals surface area contributed by atoms with Crippen molar-refractivity contribution in [3.8, 4) is 0 Å². The first-order valence-corrected chi connectivity index (χ1v) is 9.87. The Hall–Kier alpha value is -1.93. The summed E-state index contributed by atoms with van der Waals surface area (Å²) in [6.07, 6.45) is 3.80. The molecule has 2 aromatic heterocycles. The second-order valence-corrected chi connectivity index (χ2v) is 7.90. The van der Waals surface area contributed by atoms with Crippen LogP contribution in [0.4, 0.5) is 0 Å². The molecule has 0 N–H and O–H groups in total. The zero-order chi connectivity index (χ0) is 18.5. The van der Waals surface area contributed by atoms with Crippen LogP contribution in [0.3, 0.4) is 0 Å². The Balaban J connectivity index is 1.60. The summed E-state index contributed by atoms with van der Waals surface area (Å²) >= 11 is 1.49. The molecule has 26 heavy (non-hydrogen) atoms. The third kappa shape index (κ3) is 4.62. The van der Waals surface area contributed by atoms with Gasteiger partial charge in [0.25, 0.3) is 0 Å². The average Bonchev–Trinajstić information content (AvgIpc) is 3.00. The molecular formula is C18H26N6OS. The lowest BCUT2D eigenvalue weighted by atomic mass is 9.97. The minimum absolute atomic E-state index is 0.168. The molecule has 0 saturated carbocycles. The lowest BCUT2D eigenvalue weighted by Gasteiger charge is -2.32. The predicted molar refractivity (Wildman–Crippen MR) is 102 cm³/mol. The Kier molecular flexibility index (Phi) is 6.26. The molecule has 0 spiro atoms. The number of carbonyl (C=O) groups is 1. The van der Waals surface area contributed by atoms with Crippen LogP contribution < -0.4 is 0 Å². The van der Waals surface area contributed by atoms with E-state index in [4.69, 9.17) is 0 Å². The van der Waals surface area contributed by atoms with Crippen molar-refractivity contribution in [2.45, 2.75) is 30.3 Å². The van der Waals surface area contributed by atoms with Gasteiger partial charge >= 0.3 is 0 Å². The molecule has 7 nitrogen and oxygen atoms in total. The molecule has 1 aliphatic rings.